The van der Waals surface area contributed by atoms with Gasteiger partial charge in [0.05, 0.1) is 36.2 Å². The molecule has 9 heteroatoms. The standard InChI is InChI=1S/C25H24ClN3O5/c1-14-22-18(28-29-24(30)16-7-4-5-8-17(16)26)9-6-10-21(22)34-23(14)25(31)27-19-13-15(32-2)11-12-20(19)33-3/h4-5,7-8,11-13H,6,9-10H2,1-3H3,(H,27,31)(H,29,30)/b28-18+. The molecule has 0 aliphatic heterocycles. The van der Waals surface area contributed by atoms with E-state index in [9.17, 15) is 9.59 Å². The maximum Gasteiger partial charge on any atom is 0.291 e. The average Bonchev–Trinajstić information content (AvgIpc) is 3.20. The Morgan fingerprint density at radius 3 is 2.59 bits per heavy atom. The summed E-state index contributed by atoms with van der Waals surface area (Å²) >= 11 is 6.11. The summed E-state index contributed by atoms with van der Waals surface area (Å²) < 4.78 is 16.5. The zero-order valence-electron chi connectivity index (χ0n) is 19.0. The lowest BCUT2D eigenvalue weighted by atomic mass is 9.93. The first-order valence-corrected chi connectivity index (χ1v) is 11.1. The van der Waals surface area contributed by atoms with Gasteiger partial charge in [0.2, 0.25) is 0 Å². The third-order valence-electron chi connectivity index (χ3n) is 5.60. The van der Waals surface area contributed by atoms with Crippen LogP contribution in [0.25, 0.3) is 0 Å². The van der Waals surface area contributed by atoms with Crippen molar-refractivity contribution < 1.29 is 23.5 Å². The van der Waals surface area contributed by atoms with Gasteiger partial charge in [-0.1, -0.05) is 23.7 Å². The number of halogens is 1. The molecule has 2 aromatic carbocycles. The monoisotopic (exact) mass is 481 g/mol. The SMILES string of the molecule is COc1ccc(OC)c(NC(=O)c2oc3c(c2C)/C(=N/NC(=O)c2ccccc2Cl)CCC3)c1. The Bertz CT molecular complexity index is 1280. The lowest BCUT2D eigenvalue weighted by Crippen LogP contribution is -2.22. The Hall–Kier alpha value is -3.78. The molecule has 0 saturated heterocycles. The number of hydrogen-bond donors (Lipinski definition) is 2. The second-order valence-corrected chi connectivity index (χ2v) is 8.11. The van der Waals surface area contributed by atoms with Gasteiger partial charge in [-0.15, -0.1) is 0 Å². The molecule has 2 amide bonds. The minimum absolute atomic E-state index is 0.182. The summed E-state index contributed by atoms with van der Waals surface area (Å²) in [6, 6.07) is 11.9. The molecular weight excluding hydrogens is 458 g/mol. The molecule has 8 nitrogen and oxygen atoms in total. The van der Waals surface area contributed by atoms with E-state index in [0.717, 1.165) is 12.0 Å². The lowest BCUT2D eigenvalue weighted by molar-refractivity contribution is 0.0953. The molecule has 0 radical (unpaired) electrons. The molecule has 1 heterocycles. The smallest absolute Gasteiger partial charge is 0.291 e. The number of aryl methyl sites for hydroxylation is 1. The number of carbonyl (C=O) groups excluding carboxylic acids is 2. The molecule has 0 saturated carbocycles. The average molecular weight is 482 g/mol. The van der Waals surface area contributed by atoms with Crippen LogP contribution in [0.5, 0.6) is 11.5 Å². The second-order valence-electron chi connectivity index (χ2n) is 7.71. The summed E-state index contributed by atoms with van der Waals surface area (Å²) in [5.74, 6) is 1.09. The van der Waals surface area contributed by atoms with Gasteiger partial charge >= 0.3 is 0 Å². The number of ether oxygens (including phenoxy) is 2. The minimum Gasteiger partial charge on any atom is -0.497 e. The van der Waals surface area contributed by atoms with Crippen LogP contribution in [0.15, 0.2) is 52.0 Å². The molecule has 34 heavy (non-hydrogen) atoms. The van der Waals surface area contributed by atoms with Gasteiger partial charge in [0.15, 0.2) is 5.76 Å². The summed E-state index contributed by atoms with van der Waals surface area (Å²) in [6.07, 6.45) is 2.09. The fourth-order valence-electron chi connectivity index (χ4n) is 3.91. The summed E-state index contributed by atoms with van der Waals surface area (Å²) in [5.41, 5.74) is 5.42. The van der Waals surface area contributed by atoms with Crippen LogP contribution in [0, 0.1) is 6.92 Å². The van der Waals surface area contributed by atoms with Crippen molar-refractivity contribution in [3.8, 4) is 11.5 Å². The lowest BCUT2D eigenvalue weighted by Gasteiger charge is -2.13. The number of rotatable bonds is 6. The summed E-state index contributed by atoms with van der Waals surface area (Å²) in [7, 11) is 3.07. The van der Waals surface area contributed by atoms with Gasteiger partial charge in [0, 0.05) is 23.6 Å². The van der Waals surface area contributed by atoms with E-state index in [-0.39, 0.29) is 5.76 Å². The topological polar surface area (TPSA) is 102 Å². The van der Waals surface area contributed by atoms with Crippen LogP contribution >= 0.6 is 11.6 Å². The molecular formula is C25H24ClN3O5. The van der Waals surface area contributed by atoms with Crippen molar-refractivity contribution in [2.75, 3.05) is 19.5 Å². The van der Waals surface area contributed by atoms with Crippen molar-refractivity contribution >= 4 is 34.8 Å². The van der Waals surface area contributed by atoms with Crippen LogP contribution in [0.2, 0.25) is 5.02 Å². The van der Waals surface area contributed by atoms with Gasteiger partial charge in [-0.05, 0) is 44.0 Å². The van der Waals surface area contributed by atoms with E-state index >= 15 is 0 Å². The molecule has 1 aromatic heterocycles. The quantitative estimate of drug-likeness (QED) is 0.483. The van der Waals surface area contributed by atoms with Crippen molar-refractivity contribution in [2.45, 2.75) is 26.2 Å². The fraction of sp³-hybridized carbons (Fsp3) is 0.240. The number of carbonyl (C=O) groups is 2. The first kappa shape index (κ1) is 23.4. The Labute approximate surface area is 201 Å². The molecule has 2 N–H and O–H groups in total. The van der Waals surface area contributed by atoms with Crippen molar-refractivity contribution in [2.24, 2.45) is 5.10 Å². The molecule has 0 atom stereocenters. The Morgan fingerprint density at radius 1 is 1.06 bits per heavy atom. The largest absolute Gasteiger partial charge is 0.497 e. The van der Waals surface area contributed by atoms with E-state index in [0.29, 0.717) is 57.6 Å². The molecule has 176 valence electrons. The van der Waals surface area contributed by atoms with Gasteiger partial charge in [0.1, 0.15) is 17.3 Å². The Balaban J connectivity index is 1.59. The zero-order valence-corrected chi connectivity index (χ0v) is 19.8. The molecule has 0 bridgehead atoms. The van der Waals surface area contributed by atoms with Crippen LogP contribution in [0.3, 0.4) is 0 Å². The molecule has 4 rings (SSSR count). The highest BCUT2D eigenvalue weighted by Gasteiger charge is 2.28. The van der Waals surface area contributed by atoms with Gasteiger partial charge in [-0.2, -0.15) is 5.10 Å². The third kappa shape index (κ3) is 4.63. The fourth-order valence-corrected chi connectivity index (χ4v) is 4.13. The number of nitrogens with zero attached hydrogens (tertiary/aromatic N) is 1. The summed E-state index contributed by atoms with van der Waals surface area (Å²) in [4.78, 5) is 25.6. The van der Waals surface area contributed by atoms with Crippen molar-refractivity contribution in [3.63, 3.8) is 0 Å². The van der Waals surface area contributed by atoms with Crippen LogP contribution < -0.4 is 20.2 Å². The predicted octanol–water partition coefficient (Wildman–Crippen LogP) is 4.98. The highest BCUT2D eigenvalue weighted by Crippen LogP contribution is 2.33. The van der Waals surface area contributed by atoms with E-state index in [2.05, 4.69) is 15.8 Å². The number of anilines is 1. The van der Waals surface area contributed by atoms with Crippen LogP contribution in [-0.4, -0.2) is 31.7 Å². The highest BCUT2D eigenvalue weighted by atomic mass is 35.5. The van der Waals surface area contributed by atoms with E-state index in [1.54, 1.807) is 56.5 Å². The highest BCUT2D eigenvalue weighted by molar-refractivity contribution is 6.33. The third-order valence-corrected chi connectivity index (χ3v) is 5.93. The number of hydrazone groups is 1. The maximum atomic E-state index is 13.1. The van der Waals surface area contributed by atoms with Gasteiger partial charge in [-0.3, -0.25) is 9.59 Å². The van der Waals surface area contributed by atoms with Crippen molar-refractivity contribution in [1.29, 1.82) is 0 Å². The van der Waals surface area contributed by atoms with Gasteiger partial charge < -0.3 is 19.2 Å². The van der Waals surface area contributed by atoms with Gasteiger partial charge in [0.25, 0.3) is 11.8 Å². The number of fused-ring (bicyclic) bond motifs is 1. The van der Waals surface area contributed by atoms with Crippen LogP contribution in [0.1, 0.15) is 50.6 Å². The first-order valence-electron chi connectivity index (χ1n) is 10.7. The van der Waals surface area contributed by atoms with E-state index < -0.39 is 11.8 Å². The summed E-state index contributed by atoms with van der Waals surface area (Å²) in [5, 5.41) is 7.52. The normalized spacial score (nSPS) is 13.8. The molecule has 1 aliphatic carbocycles. The second kappa shape index (κ2) is 10.0. The van der Waals surface area contributed by atoms with E-state index in [1.165, 1.54) is 7.11 Å². The molecule has 1 aliphatic rings. The zero-order chi connectivity index (χ0) is 24.2. The first-order chi connectivity index (χ1) is 16.4. The van der Waals surface area contributed by atoms with Crippen molar-refractivity contribution in [3.05, 3.63) is 75.7 Å². The Morgan fingerprint density at radius 2 is 1.85 bits per heavy atom. The number of nitrogens with one attached hydrogen (secondary N) is 2. The summed E-state index contributed by atoms with van der Waals surface area (Å²) in [6.45, 7) is 1.80. The number of furan rings is 1. The van der Waals surface area contributed by atoms with Crippen molar-refractivity contribution in [1.82, 2.24) is 5.43 Å². The molecule has 0 spiro atoms. The van der Waals surface area contributed by atoms with E-state index in [1.807, 2.05) is 0 Å². The number of amides is 2. The molecule has 0 fully saturated rings. The number of benzene rings is 2. The minimum atomic E-state index is -0.419. The molecule has 0 unspecified atom stereocenters. The predicted molar refractivity (Wildman–Crippen MR) is 129 cm³/mol. The van der Waals surface area contributed by atoms with Crippen LogP contribution in [-0.2, 0) is 6.42 Å². The Kier molecular flexibility index (Phi) is 6.88. The number of methoxy groups -OCH3 is 2. The van der Waals surface area contributed by atoms with Gasteiger partial charge in [-0.25, -0.2) is 5.43 Å². The van der Waals surface area contributed by atoms with Crippen LogP contribution in [0.4, 0.5) is 5.69 Å². The molecule has 3 aromatic rings. The van der Waals surface area contributed by atoms with E-state index in [4.69, 9.17) is 25.5 Å². The maximum absolute atomic E-state index is 13.1. The number of hydrogen-bond acceptors (Lipinski definition) is 6.